The zero-order valence-corrected chi connectivity index (χ0v) is 24.6. The van der Waals surface area contributed by atoms with E-state index in [1.807, 2.05) is 0 Å². The van der Waals surface area contributed by atoms with Crippen LogP contribution in [-0.4, -0.2) is 39.1 Å². The molecule has 0 saturated carbocycles. The van der Waals surface area contributed by atoms with Crippen LogP contribution < -0.4 is 0 Å². The van der Waals surface area contributed by atoms with Gasteiger partial charge in [0.25, 0.3) is 0 Å². The predicted molar refractivity (Wildman–Crippen MR) is 139 cm³/mol. The molecule has 2 unspecified atom stereocenters. The van der Waals surface area contributed by atoms with Crippen LogP contribution in [0.25, 0.3) is 0 Å². The Bertz CT molecular complexity index is 598. The molecule has 0 amide bonds. The summed E-state index contributed by atoms with van der Waals surface area (Å²) < 4.78 is 30.3. The number of carbonyl (C=O) groups is 1. The third-order valence-corrected chi connectivity index (χ3v) is 15.2. The van der Waals surface area contributed by atoms with Gasteiger partial charge in [-0.15, -0.1) is 0 Å². The summed E-state index contributed by atoms with van der Waals surface area (Å²) in [6.45, 7) is 23.9. The van der Waals surface area contributed by atoms with Crippen molar-refractivity contribution >= 4 is 21.7 Å². The molecule has 0 rings (SSSR count). The molecule has 0 bridgehead atoms. The second kappa shape index (κ2) is 14.9. The number of hydrogen-bond donors (Lipinski definition) is 0. The molecule has 0 aliphatic rings. The van der Waals surface area contributed by atoms with E-state index in [4.69, 9.17) is 13.5 Å². The highest BCUT2D eigenvalue weighted by Crippen LogP contribution is 2.53. The van der Waals surface area contributed by atoms with Crippen LogP contribution in [0.1, 0.15) is 102 Å². The van der Waals surface area contributed by atoms with Gasteiger partial charge in [-0.1, -0.05) is 53.2 Å². The maximum absolute atomic E-state index is 12.8. The van der Waals surface area contributed by atoms with Crippen LogP contribution in [0.5, 0.6) is 0 Å². The Morgan fingerprint density at radius 3 is 1.75 bits per heavy atom. The largest absolute Gasteiger partial charge is 0.413 e. The molecule has 190 valence electrons. The normalized spacial score (nSPS) is 15.6. The second-order valence-corrected chi connectivity index (χ2v) is 17.7. The Balaban J connectivity index is 4.82. The maximum Gasteiger partial charge on any atom is 0.340 e. The SMILES string of the molecule is CCOP(=O)(OCC)C(C)C(=O)CC/C(C)=C/CCC(C)O[Si](C(C)C)(C(C)C)C(C)C. The van der Waals surface area contributed by atoms with Crippen LogP contribution >= 0.6 is 7.60 Å². The lowest BCUT2D eigenvalue weighted by Gasteiger charge is -2.44. The molecule has 0 aromatic carbocycles. The molecule has 0 aromatic heterocycles. The van der Waals surface area contributed by atoms with Crippen LogP contribution in [0.15, 0.2) is 11.6 Å². The van der Waals surface area contributed by atoms with Gasteiger partial charge in [0.15, 0.2) is 0 Å². The lowest BCUT2D eigenvalue weighted by Crippen LogP contribution is -2.49. The van der Waals surface area contributed by atoms with Crippen molar-refractivity contribution in [2.75, 3.05) is 13.2 Å². The first kappa shape index (κ1) is 31.7. The Morgan fingerprint density at radius 2 is 1.34 bits per heavy atom. The summed E-state index contributed by atoms with van der Waals surface area (Å²) in [6.07, 6.45) is 5.37. The number of Topliss-reactive ketones (excluding diaryl/α,β-unsaturated/α-hetero) is 1. The average molecular weight is 491 g/mol. The summed E-state index contributed by atoms with van der Waals surface area (Å²) in [5.41, 5.74) is 2.20. The second-order valence-electron chi connectivity index (χ2n) is 9.89. The first-order valence-electron chi connectivity index (χ1n) is 12.5. The molecule has 2 atom stereocenters. The summed E-state index contributed by atoms with van der Waals surface area (Å²) in [5.74, 6) is -0.0683. The molecular weight excluding hydrogens is 439 g/mol. The van der Waals surface area contributed by atoms with Gasteiger partial charge in [-0.05, 0) is 70.5 Å². The van der Waals surface area contributed by atoms with E-state index in [1.54, 1.807) is 20.8 Å². The van der Waals surface area contributed by atoms with E-state index in [2.05, 4.69) is 61.5 Å². The minimum Gasteiger partial charge on any atom is -0.413 e. The van der Waals surface area contributed by atoms with E-state index in [1.165, 1.54) is 5.57 Å². The van der Waals surface area contributed by atoms with E-state index in [9.17, 15) is 9.36 Å². The first-order valence-corrected chi connectivity index (χ1v) is 16.3. The zero-order chi connectivity index (χ0) is 25.1. The van der Waals surface area contributed by atoms with Crippen molar-refractivity contribution in [3.63, 3.8) is 0 Å². The van der Waals surface area contributed by atoms with E-state index >= 15 is 0 Å². The number of allylic oxidation sites excluding steroid dienone is 2. The van der Waals surface area contributed by atoms with Gasteiger partial charge in [-0.2, -0.15) is 0 Å². The quantitative estimate of drug-likeness (QED) is 0.117. The topological polar surface area (TPSA) is 61.8 Å². The van der Waals surface area contributed by atoms with Gasteiger partial charge in [0, 0.05) is 12.5 Å². The van der Waals surface area contributed by atoms with Crippen LogP contribution in [0.2, 0.25) is 16.6 Å². The Kier molecular flexibility index (Phi) is 14.8. The predicted octanol–water partition coefficient (Wildman–Crippen LogP) is 8.30. The van der Waals surface area contributed by atoms with Crippen molar-refractivity contribution in [2.24, 2.45) is 0 Å². The van der Waals surface area contributed by atoms with Crippen molar-refractivity contribution < 1.29 is 22.8 Å². The van der Waals surface area contributed by atoms with Gasteiger partial charge in [-0.25, -0.2) is 0 Å². The lowest BCUT2D eigenvalue weighted by molar-refractivity contribution is -0.118. The smallest absolute Gasteiger partial charge is 0.340 e. The van der Waals surface area contributed by atoms with Crippen LogP contribution in [0, 0.1) is 0 Å². The fourth-order valence-corrected chi connectivity index (χ4v) is 12.2. The molecule has 0 saturated heterocycles. The minimum atomic E-state index is -3.39. The van der Waals surface area contributed by atoms with Gasteiger partial charge in [0.1, 0.15) is 11.4 Å². The molecule has 0 fully saturated rings. The van der Waals surface area contributed by atoms with Crippen molar-refractivity contribution in [1.82, 2.24) is 0 Å². The molecule has 32 heavy (non-hydrogen) atoms. The van der Waals surface area contributed by atoms with Crippen LogP contribution in [-0.2, 0) is 22.8 Å². The Morgan fingerprint density at radius 1 is 0.875 bits per heavy atom. The molecule has 0 aliphatic heterocycles. The third kappa shape index (κ3) is 9.17. The molecule has 0 heterocycles. The average Bonchev–Trinajstić information content (AvgIpc) is 2.69. The van der Waals surface area contributed by atoms with Gasteiger partial charge in [-0.3, -0.25) is 9.36 Å². The maximum atomic E-state index is 12.8. The number of carbonyl (C=O) groups excluding carboxylic acids is 1. The lowest BCUT2D eigenvalue weighted by atomic mass is 10.1. The van der Waals surface area contributed by atoms with Crippen molar-refractivity contribution in [2.45, 2.75) is 130 Å². The van der Waals surface area contributed by atoms with Crippen molar-refractivity contribution in [3.8, 4) is 0 Å². The van der Waals surface area contributed by atoms with E-state index in [-0.39, 0.29) is 25.1 Å². The summed E-state index contributed by atoms with van der Waals surface area (Å²) >= 11 is 0. The van der Waals surface area contributed by atoms with E-state index < -0.39 is 21.6 Å². The molecule has 0 aliphatic carbocycles. The number of hydrogen-bond acceptors (Lipinski definition) is 5. The molecule has 0 N–H and O–H groups in total. The van der Waals surface area contributed by atoms with Crippen molar-refractivity contribution in [3.05, 3.63) is 11.6 Å². The summed E-state index contributed by atoms with van der Waals surface area (Å²) in [5, 5.41) is 0. The Labute approximate surface area is 199 Å². The van der Waals surface area contributed by atoms with Crippen LogP contribution in [0.4, 0.5) is 0 Å². The van der Waals surface area contributed by atoms with Gasteiger partial charge < -0.3 is 13.5 Å². The Hall–Kier alpha value is -0.263. The standard InChI is InChI=1S/C25H51O5PSi/c1-12-28-31(27,29-13-2)24(11)25(26)18-17-22(9)15-14-16-23(10)30-32(19(3)4,20(5)6)21(7)8/h15,19-21,23-24H,12-14,16-18H2,1-11H3/b22-15+. The fraction of sp³-hybridized carbons (Fsp3) is 0.880. The molecule has 7 heteroatoms. The van der Waals surface area contributed by atoms with E-state index in [0.29, 0.717) is 29.5 Å². The minimum absolute atomic E-state index is 0.0683. The number of rotatable bonds is 17. The van der Waals surface area contributed by atoms with E-state index in [0.717, 1.165) is 12.8 Å². The zero-order valence-electron chi connectivity index (χ0n) is 22.7. The fourth-order valence-electron chi connectivity index (χ4n) is 4.81. The monoisotopic (exact) mass is 490 g/mol. The third-order valence-electron chi connectivity index (χ3n) is 6.50. The summed E-state index contributed by atoms with van der Waals surface area (Å²) in [4.78, 5) is 12.6. The summed E-state index contributed by atoms with van der Waals surface area (Å²) in [6, 6.07) is 0. The first-order chi connectivity index (χ1) is 14.8. The number of ketones is 1. The molecule has 0 aromatic rings. The van der Waals surface area contributed by atoms with Gasteiger partial charge in [0.05, 0.1) is 13.2 Å². The molecule has 0 spiro atoms. The highest BCUT2D eigenvalue weighted by Gasteiger charge is 2.45. The molecule has 5 nitrogen and oxygen atoms in total. The van der Waals surface area contributed by atoms with Gasteiger partial charge in [0.2, 0.25) is 8.32 Å². The molecular formula is C25H51O5PSi. The van der Waals surface area contributed by atoms with Gasteiger partial charge >= 0.3 is 7.60 Å². The summed E-state index contributed by atoms with van der Waals surface area (Å²) in [7, 11) is -5.25. The highest BCUT2D eigenvalue weighted by atomic mass is 31.2. The molecule has 0 radical (unpaired) electrons. The highest BCUT2D eigenvalue weighted by molar-refractivity contribution is 7.55. The van der Waals surface area contributed by atoms with Crippen molar-refractivity contribution in [1.29, 1.82) is 0 Å². The van der Waals surface area contributed by atoms with Crippen LogP contribution in [0.3, 0.4) is 0 Å².